The highest BCUT2D eigenvalue weighted by atomic mass is 16.3. The minimum atomic E-state index is -0.786. The summed E-state index contributed by atoms with van der Waals surface area (Å²) >= 11 is 0. The first-order valence-corrected chi connectivity index (χ1v) is 10.6. The highest BCUT2D eigenvalue weighted by Gasteiger charge is 2.46. The minimum absolute atomic E-state index is 0.0304. The van der Waals surface area contributed by atoms with Gasteiger partial charge >= 0.3 is 0 Å². The van der Waals surface area contributed by atoms with Crippen LogP contribution in [0.1, 0.15) is 33.9 Å². The molecule has 0 radical (unpaired) electrons. The molecular formula is C27H25NO4. The molecule has 1 aliphatic heterocycles. The molecule has 3 aromatic rings. The number of phenols is 1. The molecule has 1 unspecified atom stereocenters. The Morgan fingerprint density at radius 2 is 1.69 bits per heavy atom. The van der Waals surface area contributed by atoms with Crippen LogP contribution in [0.3, 0.4) is 0 Å². The van der Waals surface area contributed by atoms with E-state index >= 15 is 0 Å². The number of aliphatic hydroxyl groups excluding tert-OH is 1. The maximum atomic E-state index is 13.1. The molecule has 1 atom stereocenters. The second-order valence-electron chi connectivity index (χ2n) is 8.14. The van der Waals surface area contributed by atoms with Gasteiger partial charge in [-0.1, -0.05) is 60.2 Å². The van der Waals surface area contributed by atoms with Gasteiger partial charge < -0.3 is 15.1 Å². The van der Waals surface area contributed by atoms with E-state index < -0.39 is 17.7 Å². The van der Waals surface area contributed by atoms with E-state index in [2.05, 4.69) is 0 Å². The van der Waals surface area contributed by atoms with Crippen molar-refractivity contribution in [2.24, 2.45) is 0 Å². The molecule has 0 bridgehead atoms. The quantitative estimate of drug-likeness (QED) is 0.352. The van der Waals surface area contributed by atoms with Crippen LogP contribution in [-0.4, -0.2) is 33.3 Å². The Balaban J connectivity index is 1.83. The van der Waals surface area contributed by atoms with Crippen LogP contribution in [0, 0.1) is 13.8 Å². The highest BCUT2D eigenvalue weighted by Crippen LogP contribution is 2.40. The molecule has 5 nitrogen and oxygen atoms in total. The molecule has 0 aliphatic carbocycles. The van der Waals surface area contributed by atoms with Crippen LogP contribution in [0.2, 0.25) is 0 Å². The molecular weight excluding hydrogens is 402 g/mol. The van der Waals surface area contributed by atoms with Crippen LogP contribution in [0.15, 0.2) is 78.4 Å². The molecule has 4 rings (SSSR count). The molecule has 1 heterocycles. The number of Topliss-reactive ketones (excluding diaryl/α,β-unsaturated/α-hetero) is 1. The van der Waals surface area contributed by atoms with E-state index in [0.29, 0.717) is 24.1 Å². The van der Waals surface area contributed by atoms with E-state index in [0.717, 1.165) is 16.7 Å². The van der Waals surface area contributed by atoms with Crippen molar-refractivity contribution in [2.75, 3.05) is 6.54 Å². The second kappa shape index (κ2) is 8.71. The van der Waals surface area contributed by atoms with Gasteiger partial charge in [-0.15, -0.1) is 0 Å². The van der Waals surface area contributed by atoms with E-state index in [1.54, 1.807) is 12.1 Å². The number of phenolic OH excluding ortho intramolecular Hbond substituents is 1. The van der Waals surface area contributed by atoms with Gasteiger partial charge in [-0.3, -0.25) is 9.59 Å². The summed E-state index contributed by atoms with van der Waals surface area (Å²) in [5, 5.41) is 21.3. The normalized spacial score (nSPS) is 17.7. The number of rotatable bonds is 5. The Morgan fingerprint density at radius 1 is 0.938 bits per heavy atom. The summed E-state index contributed by atoms with van der Waals surface area (Å²) in [4.78, 5) is 27.7. The number of aryl methyl sites for hydroxylation is 2. The lowest BCUT2D eigenvalue weighted by Gasteiger charge is -2.25. The summed E-state index contributed by atoms with van der Waals surface area (Å²) < 4.78 is 0. The Bertz CT molecular complexity index is 1210. The summed E-state index contributed by atoms with van der Waals surface area (Å²) in [6.07, 6.45) is 0.562. The zero-order chi connectivity index (χ0) is 22.8. The number of amides is 1. The van der Waals surface area contributed by atoms with Crippen LogP contribution < -0.4 is 0 Å². The first-order chi connectivity index (χ1) is 15.4. The topological polar surface area (TPSA) is 77.8 Å². The van der Waals surface area contributed by atoms with Gasteiger partial charge in [0.15, 0.2) is 0 Å². The van der Waals surface area contributed by atoms with Crippen molar-refractivity contribution in [3.05, 3.63) is 106 Å². The van der Waals surface area contributed by atoms with Crippen LogP contribution >= 0.6 is 0 Å². The Morgan fingerprint density at radius 3 is 2.41 bits per heavy atom. The molecule has 0 saturated carbocycles. The molecule has 1 amide bonds. The minimum Gasteiger partial charge on any atom is -0.508 e. The predicted octanol–water partition coefficient (Wildman–Crippen LogP) is 4.67. The number of hydrogen-bond donors (Lipinski definition) is 2. The molecule has 162 valence electrons. The van der Waals surface area contributed by atoms with Crippen LogP contribution in [-0.2, 0) is 16.0 Å². The molecule has 0 aromatic heterocycles. The largest absolute Gasteiger partial charge is 0.508 e. The van der Waals surface area contributed by atoms with Crippen molar-refractivity contribution >= 4 is 17.4 Å². The average Bonchev–Trinajstić information content (AvgIpc) is 3.04. The summed E-state index contributed by atoms with van der Waals surface area (Å²) in [5.41, 5.74) is 3.92. The summed E-state index contributed by atoms with van der Waals surface area (Å²) in [5.74, 6) is -1.53. The van der Waals surface area contributed by atoms with Crippen molar-refractivity contribution in [2.45, 2.75) is 26.3 Å². The third kappa shape index (κ3) is 4.02. The Hall–Kier alpha value is -3.86. The van der Waals surface area contributed by atoms with Gasteiger partial charge in [0, 0.05) is 12.1 Å². The third-order valence-corrected chi connectivity index (χ3v) is 5.86. The average molecular weight is 428 g/mol. The molecule has 0 spiro atoms. The number of ketones is 1. The number of aromatic hydroxyl groups is 1. The van der Waals surface area contributed by atoms with E-state index in [9.17, 15) is 19.8 Å². The summed E-state index contributed by atoms with van der Waals surface area (Å²) in [7, 11) is 0. The standard InChI is InChI=1S/C27H25NO4/c1-17-11-12-18(2)22(15-17)25(30)23-24(20-9-6-10-21(29)16-20)28(27(32)26(23)31)14-13-19-7-4-3-5-8-19/h3-12,15-16,24,29-30H,13-14H2,1-2H3/b25-23-. The monoisotopic (exact) mass is 427 g/mol. The SMILES string of the molecule is Cc1ccc(C)c(/C(O)=C2/C(=O)C(=O)N(CCc3ccccc3)C2c2cccc(O)c2)c1. The first-order valence-electron chi connectivity index (χ1n) is 10.6. The number of benzene rings is 3. The number of carbonyl (C=O) groups excluding carboxylic acids is 2. The third-order valence-electron chi connectivity index (χ3n) is 5.86. The second-order valence-corrected chi connectivity index (χ2v) is 8.14. The van der Waals surface area contributed by atoms with E-state index in [-0.39, 0.29) is 17.1 Å². The smallest absolute Gasteiger partial charge is 0.295 e. The van der Waals surface area contributed by atoms with Gasteiger partial charge in [0.1, 0.15) is 11.5 Å². The molecule has 32 heavy (non-hydrogen) atoms. The van der Waals surface area contributed by atoms with Crippen molar-refractivity contribution < 1.29 is 19.8 Å². The van der Waals surface area contributed by atoms with Gasteiger partial charge in [-0.2, -0.15) is 0 Å². The van der Waals surface area contributed by atoms with E-state index in [1.807, 2.05) is 62.4 Å². The molecule has 2 N–H and O–H groups in total. The van der Waals surface area contributed by atoms with Crippen molar-refractivity contribution in [3.63, 3.8) is 0 Å². The van der Waals surface area contributed by atoms with Crippen molar-refractivity contribution in [1.82, 2.24) is 4.90 Å². The van der Waals surface area contributed by atoms with Crippen molar-refractivity contribution in [3.8, 4) is 5.75 Å². The predicted molar refractivity (Wildman–Crippen MR) is 123 cm³/mol. The Kier molecular flexibility index (Phi) is 5.82. The number of aliphatic hydroxyl groups is 1. The summed E-state index contributed by atoms with van der Waals surface area (Å²) in [6, 6.07) is 21.0. The number of nitrogens with zero attached hydrogens (tertiary/aromatic N) is 1. The van der Waals surface area contributed by atoms with Gasteiger partial charge in [0.25, 0.3) is 11.7 Å². The fraction of sp³-hybridized carbons (Fsp3) is 0.185. The van der Waals surface area contributed by atoms with Crippen LogP contribution in [0.25, 0.3) is 5.76 Å². The van der Waals surface area contributed by atoms with Gasteiger partial charge in [0.05, 0.1) is 11.6 Å². The van der Waals surface area contributed by atoms with Gasteiger partial charge in [-0.25, -0.2) is 0 Å². The number of carbonyl (C=O) groups is 2. The molecule has 1 saturated heterocycles. The first kappa shape index (κ1) is 21.4. The fourth-order valence-electron chi connectivity index (χ4n) is 4.18. The molecule has 1 aliphatic rings. The van der Waals surface area contributed by atoms with E-state index in [1.165, 1.54) is 17.0 Å². The molecule has 3 aromatic carbocycles. The van der Waals surface area contributed by atoms with Crippen LogP contribution in [0.5, 0.6) is 5.75 Å². The molecule has 1 fully saturated rings. The zero-order valence-corrected chi connectivity index (χ0v) is 18.1. The molecule has 5 heteroatoms. The number of likely N-dealkylation sites (tertiary alicyclic amines) is 1. The van der Waals surface area contributed by atoms with Gasteiger partial charge in [0.2, 0.25) is 0 Å². The fourth-order valence-corrected chi connectivity index (χ4v) is 4.18. The highest BCUT2D eigenvalue weighted by molar-refractivity contribution is 6.46. The lowest BCUT2D eigenvalue weighted by molar-refractivity contribution is -0.139. The number of hydrogen-bond acceptors (Lipinski definition) is 4. The van der Waals surface area contributed by atoms with Gasteiger partial charge in [-0.05, 0) is 55.2 Å². The van der Waals surface area contributed by atoms with Crippen LogP contribution in [0.4, 0.5) is 0 Å². The lowest BCUT2D eigenvalue weighted by Crippen LogP contribution is -2.31. The maximum absolute atomic E-state index is 13.1. The summed E-state index contributed by atoms with van der Waals surface area (Å²) in [6.45, 7) is 4.06. The Labute approximate surface area is 187 Å². The zero-order valence-electron chi connectivity index (χ0n) is 18.1. The lowest BCUT2D eigenvalue weighted by atomic mass is 9.93. The van der Waals surface area contributed by atoms with E-state index in [4.69, 9.17) is 0 Å². The van der Waals surface area contributed by atoms with Crippen molar-refractivity contribution in [1.29, 1.82) is 0 Å². The maximum Gasteiger partial charge on any atom is 0.295 e.